The SMILES string of the molecule is O=C1c2cc(C(F)(F)F)ccc2C[C@@H]2CNCCN12.O=CC(F)(F)F. The zero-order valence-electron chi connectivity index (χ0n) is 12.7. The molecule has 1 atom stereocenters. The van der Waals surface area contributed by atoms with E-state index in [0.29, 0.717) is 31.6 Å². The van der Waals surface area contributed by atoms with Crippen LogP contribution >= 0.6 is 0 Å². The van der Waals surface area contributed by atoms with Gasteiger partial charge in [-0.25, -0.2) is 0 Å². The molecule has 2 aliphatic rings. The van der Waals surface area contributed by atoms with Crippen LogP contribution in [0.3, 0.4) is 0 Å². The second-order valence-electron chi connectivity index (χ2n) is 5.59. The number of amides is 1. The van der Waals surface area contributed by atoms with Gasteiger partial charge < -0.3 is 10.2 Å². The molecule has 1 amide bonds. The molecule has 3 rings (SSSR count). The van der Waals surface area contributed by atoms with Crippen molar-refractivity contribution in [3.8, 4) is 0 Å². The van der Waals surface area contributed by atoms with Gasteiger partial charge in [0.15, 0.2) is 0 Å². The van der Waals surface area contributed by atoms with Crippen LogP contribution in [0.25, 0.3) is 0 Å². The fourth-order valence-electron chi connectivity index (χ4n) is 2.75. The summed E-state index contributed by atoms with van der Waals surface area (Å²) in [7, 11) is 0. The quantitative estimate of drug-likeness (QED) is 0.565. The van der Waals surface area contributed by atoms with Crippen LogP contribution in [0.4, 0.5) is 26.3 Å². The van der Waals surface area contributed by atoms with Gasteiger partial charge in [0.25, 0.3) is 5.91 Å². The number of rotatable bonds is 0. The predicted octanol–water partition coefficient (Wildman–Crippen LogP) is 2.42. The van der Waals surface area contributed by atoms with Crippen molar-refractivity contribution in [1.82, 2.24) is 10.2 Å². The first-order chi connectivity index (χ1) is 11.5. The maximum absolute atomic E-state index is 12.7. The van der Waals surface area contributed by atoms with Gasteiger partial charge in [-0.05, 0) is 24.1 Å². The smallest absolute Gasteiger partial charge is 0.333 e. The summed E-state index contributed by atoms with van der Waals surface area (Å²) in [5, 5.41) is 3.20. The van der Waals surface area contributed by atoms with Crippen LogP contribution in [0.1, 0.15) is 21.5 Å². The first kappa shape index (κ1) is 19.2. The largest absolute Gasteiger partial charge is 0.446 e. The van der Waals surface area contributed by atoms with E-state index in [-0.39, 0.29) is 17.5 Å². The fraction of sp³-hybridized carbons (Fsp3) is 0.467. The summed E-state index contributed by atoms with van der Waals surface area (Å²) in [6.45, 7) is 1.95. The van der Waals surface area contributed by atoms with Crippen molar-refractivity contribution in [1.29, 1.82) is 0 Å². The van der Waals surface area contributed by atoms with Crippen molar-refractivity contribution in [3.63, 3.8) is 0 Å². The average Bonchev–Trinajstić information content (AvgIpc) is 2.54. The van der Waals surface area contributed by atoms with E-state index in [2.05, 4.69) is 5.32 Å². The Labute approximate surface area is 138 Å². The number of carbonyl (C=O) groups excluding carboxylic acids is 2. The molecule has 25 heavy (non-hydrogen) atoms. The summed E-state index contributed by atoms with van der Waals surface area (Å²) in [5.74, 6) is -0.279. The molecular weight excluding hydrogens is 354 g/mol. The fourth-order valence-corrected chi connectivity index (χ4v) is 2.75. The van der Waals surface area contributed by atoms with Crippen LogP contribution in [0.5, 0.6) is 0 Å². The van der Waals surface area contributed by atoms with Crippen LogP contribution in [-0.4, -0.2) is 48.9 Å². The Hall–Kier alpha value is -2.10. The molecule has 1 fully saturated rings. The van der Waals surface area contributed by atoms with E-state index < -0.39 is 24.2 Å². The number of benzene rings is 1. The standard InChI is InChI=1S/C13H13F3N2O.C2HF3O/c14-13(15,16)9-2-1-8-5-10-7-17-3-4-18(10)12(19)11(8)6-9;3-2(4,5)1-6/h1-2,6,10,17H,3-5,7H2;1H/t10-;/m1./s1. The van der Waals surface area contributed by atoms with E-state index in [0.717, 1.165) is 12.1 Å². The Morgan fingerprint density at radius 2 is 1.80 bits per heavy atom. The minimum atomic E-state index is -4.64. The first-order valence-electron chi connectivity index (χ1n) is 7.28. The van der Waals surface area contributed by atoms with Crippen molar-refractivity contribution in [2.45, 2.75) is 24.8 Å². The molecule has 2 aliphatic heterocycles. The summed E-state index contributed by atoms with van der Waals surface area (Å²) in [6, 6.07) is 3.53. The number of fused-ring (bicyclic) bond motifs is 2. The number of aldehydes is 1. The van der Waals surface area contributed by atoms with Gasteiger partial charge in [0.05, 0.1) is 5.56 Å². The molecule has 1 aromatic carbocycles. The molecule has 0 aromatic heterocycles. The van der Waals surface area contributed by atoms with Gasteiger partial charge >= 0.3 is 12.4 Å². The number of carbonyl (C=O) groups is 2. The summed E-state index contributed by atoms with van der Waals surface area (Å²) >= 11 is 0. The van der Waals surface area contributed by atoms with E-state index in [9.17, 15) is 31.1 Å². The van der Waals surface area contributed by atoms with E-state index in [4.69, 9.17) is 4.79 Å². The van der Waals surface area contributed by atoms with E-state index >= 15 is 0 Å². The average molecular weight is 368 g/mol. The number of nitrogens with zero attached hydrogens (tertiary/aromatic N) is 1. The van der Waals surface area contributed by atoms with Gasteiger partial charge in [-0.1, -0.05) is 6.07 Å². The lowest BCUT2D eigenvalue weighted by molar-refractivity contribution is -0.156. The normalized spacial score (nSPS) is 20.2. The Kier molecular flexibility index (Phi) is 5.40. The maximum atomic E-state index is 12.7. The summed E-state index contributed by atoms with van der Waals surface area (Å²) in [5.41, 5.74) is 0.157. The lowest BCUT2D eigenvalue weighted by Gasteiger charge is -2.40. The molecule has 4 nitrogen and oxygen atoms in total. The second kappa shape index (κ2) is 7.03. The van der Waals surface area contributed by atoms with Gasteiger partial charge in [0.2, 0.25) is 6.29 Å². The van der Waals surface area contributed by atoms with Gasteiger partial charge in [-0.2, -0.15) is 26.3 Å². The zero-order valence-corrected chi connectivity index (χ0v) is 12.7. The van der Waals surface area contributed by atoms with Crippen molar-refractivity contribution in [3.05, 3.63) is 34.9 Å². The molecule has 0 aliphatic carbocycles. The van der Waals surface area contributed by atoms with Crippen molar-refractivity contribution >= 4 is 12.2 Å². The highest BCUT2D eigenvalue weighted by Gasteiger charge is 2.37. The van der Waals surface area contributed by atoms with Crippen LogP contribution in [0.15, 0.2) is 18.2 Å². The van der Waals surface area contributed by atoms with Crippen molar-refractivity contribution in [2.24, 2.45) is 0 Å². The van der Waals surface area contributed by atoms with Gasteiger partial charge in [-0.15, -0.1) is 0 Å². The number of nitrogens with one attached hydrogen (secondary N) is 1. The molecule has 1 saturated heterocycles. The highest BCUT2D eigenvalue weighted by molar-refractivity contribution is 5.97. The Morgan fingerprint density at radius 1 is 1.16 bits per heavy atom. The molecule has 0 spiro atoms. The Bertz CT molecular complexity index is 656. The lowest BCUT2D eigenvalue weighted by atomic mass is 9.91. The summed E-state index contributed by atoms with van der Waals surface area (Å²) in [6.07, 6.45) is -9.49. The van der Waals surface area contributed by atoms with Gasteiger partial charge in [0.1, 0.15) is 0 Å². The minimum Gasteiger partial charge on any atom is -0.333 e. The monoisotopic (exact) mass is 368 g/mol. The molecule has 2 heterocycles. The van der Waals surface area contributed by atoms with Crippen molar-refractivity contribution in [2.75, 3.05) is 19.6 Å². The lowest BCUT2D eigenvalue weighted by Crippen LogP contribution is -2.56. The van der Waals surface area contributed by atoms with Gasteiger partial charge in [0, 0.05) is 31.2 Å². The highest BCUT2D eigenvalue weighted by Crippen LogP contribution is 2.33. The zero-order chi connectivity index (χ0) is 18.8. The first-order valence-corrected chi connectivity index (χ1v) is 7.28. The van der Waals surface area contributed by atoms with E-state index in [1.807, 2.05) is 0 Å². The summed E-state index contributed by atoms with van der Waals surface area (Å²) < 4.78 is 69.3. The maximum Gasteiger partial charge on any atom is 0.446 e. The predicted molar refractivity (Wildman–Crippen MR) is 75.0 cm³/mol. The molecule has 0 unspecified atom stereocenters. The van der Waals surface area contributed by atoms with Crippen LogP contribution in [0, 0.1) is 0 Å². The minimum absolute atomic E-state index is 0.0606. The molecule has 10 heteroatoms. The third kappa shape index (κ3) is 4.71. The topological polar surface area (TPSA) is 49.4 Å². The Morgan fingerprint density at radius 3 is 2.36 bits per heavy atom. The van der Waals surface area contributed by atoms with Crippen LogP contribution in [0.2, 0.25) is 0 Å². The van der Waals surface area contributed by atoms with Gasteiger partial charge in [-0.3, -0.25) is 9.59 Å². The molecule has 1 N–H and O–H groups in total. The number of alkyl halides is 6. The Balaban J connectivity index is 0.000000326. The molecule has 138 valence electrons. The third-order valence-corrected chi connectivity index (χ3v) is 3.87. The highest BCUT2D eigenvalue weighted by atomic mass is 19.4. The number of halogens is 6. The molecule has 0 radical (unpaired) electrons. The van der Waals surface area contributed by atoms with Crippen LogP contribution in [-0.2, 0) is 17.4 Å². The number of piperazine rings is 1. The molecule has 0 bridgehead atoms. The molecule has 0 saturated carbocycles. The van der Waals surface area contributed by atoms with E-state index in [1.165, 1.54) is 6.07 Å². The van der Waals surface area contributed by atoms with Crippen LogP contribution < -0.4 is 5.32 Å². The molecular formula is C15H14F6N2O2. The number of hydrogen-bond donors (Lipinski definition) is 1. The van der Waals surface area contributed by atoms with E-state index in [1.54, 1.807) is 4.90 Å². The second-order valence-corrected chi connectivity index (χ2v) is 5.59. The summed E-state index contributed by atoms with van der Waals surface area (Å²) in [4.78, 5) is 22.6. The number of hydrogen-bond acceptors (Lipinski definition) is 3. The third-order valence-electron chi connectivity index (χ3n) is 3.87. The van der Waals surface area contributed by atoms with Crippen molar-refractivity contribution < 1.29 is 35.9 Å². The molecule has 1 aromatic rings.